The van der Waals surface area contributed by atoms with Crippen LogP contribution in [0.2, 0.25) is 0 Å². The summed E-state index contributed by atoms with van der Waals surface area (Å²) in [5.74, 6) is -0.229. The molecule has 0 aliphatic heterocycles. The maximum Gasteiger partial charge on any atom is 0.123 e. The van der Waals surface area contributed by atoms with Gasteiger partial charge in [0.2, 0.25) is 0 Å². The summed E-state index contributed by atoms with van der Waals surface area (Å²) in [5.41, 5.74) is 2.84. The molecule has 2 rings (SSSR count). The van der Waals surface area contributed by atoms with Crippen molar-refractivity contribution >= 4 is 17.1 Å². The van der Waals surface area contributed by atoms with Crippen LogP contribution in [-0.2, 0) is 0 Å². The fourth-order valence-electron chi connectivity index (χ4n) is 1.50. The average Bonchev–Trinajstić information content (AvgIpc) is 2.33. The summed E-state index contributed by atoms with van der Waals surface area (Å²) in [6, 6.07) is 14.1. The lowest BCUT2D eigenvalue weighted by molar-refractivity contribution is 0.628. The molecule has 0 fully saturated rings. The lowest BCUT2D eigenvalue weighted by Crippen LogP contribution is -1.96. The molecular weight excluding hydrogens is 203 g/mol. The molecule has 0 heterocycles. The fourth-order valence-corrected chi connectivity index (χ4v) is 1.50. The van der Waals surface area contributed by atoms with Crippen molar-refractivity contribution in [3.8, 4) is 0 Å². The Balaban J connectivity index is 2.23. The van der Waals surface area contributed by atoms with Crippen LogP contribution in [0, 0.1) is 5.82 Å². The van der Waals surface area contributed by atoms with E-state index in [1.54, 1.807) is 12.1 Å². The maximum atomic E-state index is 12.7. The van der Waals surface area contributed by atoms with Crippen LogP contribution in [0.15, 0.2) is 48.5 Å². The van der Waals surface area contributed by atoms with Crippen LogP contribution in [0.25, 0.3) is 0 Å². The number of benzene rings is 2. The zero-order chi connectivity index (χ0) is 11.4. The molecule has 0 aliphatic carbocycles. The first-order valence-corrected chi connectivity index (χ1v) is 5.09. The number of rotatable bonds is 3. The zero-order valence-corrected chi connectivity index (χ0v) is 9.00. The minimum absolute atomic E-state index is 0.229. The first kappa shape index (κ1) is 10.5. The number of hydrogen-bond donors (Lipinski definition) is 2. The SMILES string of the molecule is CNc1ccccc1Nc1ccc(F)cc1. The standard InChI is InChI=1S/C13H13FN2/c1-15-12-4-2-3-5-13(12)16-11-8-6-10(14)7-9-11/h2-9,15-16H,1H3. The van der Waals surface area contributed by atoms with Gasteiger partial charge in [0, 0.05) is 12.7 Å². The molecule has 0 aromatic heterocycles. The van der Waals surface area contributed by atoms with E-state index in [0.29, 0.717) is 0 Å². The predicted octanol–water partition coefficient (Wildman–Crippen LogP) is 3.61. The largest absolute Gasteiger partial charge is 0.386 e. The Morgan fingerprint density at radius 1 is 0.875 bits per heavy atom. The van der Waals surface area contributed by atoms with Crippen molar-refractivity contribution in [3.05, 3.63) is 54.3 Å². The molecule has 0 aliphatic rings. The number of nitrogens with one attached hydrogen (secondary N) is 2. The minimum Gasteiger partial charge on any atom is -0.386 e. The molecule has 0 unspecified atom stereocenters. The third-order valence-electron chi connectivity index (χ3n) is 2.32. The van der Waals surface area contributed by atoms with E-state index in [1.807, 2.05) is 31.3 Å². The third kappa shape index (κ3) is 2.31. The number of para-hydroxylation sites is 2. The lowest BCUT2D eigenvalue weighted by atomic mass is 10.2. The van der Waals surface area contributed by atoms with Gasteiger partial charge in [0.1, 0.15) is 5.82 Å². The summed E-state index contributed by atoms with van der Waals surface area (Å²) in [6.45, 7) is 0. The van der Waals surface area contributed by atoms with E-state index in [4.69, 9.17) is 0 Å². The molecule has 2 aromatic rings. The van der Waals surface area contributed by atoms with Gasteiger partial charge in [0.05, 0.1) is 11.4 Å². The van der Waals surface area contributed by atoms with E-state index < -0.39 is 0 Å². The molecule has 16 heavy (non-hydrogen) atoms. The van der Waals surface area contributed by atoms with Crippen LogP contribution in [0.3, 0.4) is 0 Å². The molecule has 0 bridgehead atoms. The molecule has 2 N–H and O–H groups in total. The molecule has 82 valence electrons. The van der Waals surface area contributed by atoms with Crippen molar-refractivity contribution in [2.45, 2.75) is 0 Å². The van der Waals surface area contributed by atoms with Gasteiger partial charge in [-0.2, -0.15) is 0 Å². The molecule has 2 aromatic carbocycles. The summed E-state index contributed by atoms with van der Waals surface area (Å²) in [7, 11) is 1.87. The van der Waals surface area contributed by atoms with E-state index in [9.17, 15) is 4.39 Å². The van der Waals surface area contributed by atoms with Gasteiger partial charge in [-0.15, -0.1) is 0 Å². The van der Waals surface area contributed by atoms with Crippen molar-refractivity contribution in [2.24, 2.45) is 0 Å². The highest BCUT2D eigenvalue weighted by Gasteiger charge is 1.99. The second-order valence-corrected chi connectivity index (χ2v) is 3.43. The molecular formula is C13H13FN2. The molecule has 0 radical (unpaired) electrons. The van der Waals surface area contributed by atoms with Crippen molar-refractivity contribution in [2.75, 3.05) is 17.7 Å². The van der Waals surface area contributed by atoms with Crippen molar-refractivity contribution in [1.82, 2.24) is 0 Å². The second-order valence-electron chi connectivity index (χ2n) is 3.43. The lowest BCUT2D eigenvalue weighted by Gasteiger charge is -2.11. The first-order chi connectivity index (χ1) is 7.79. The highest BCUT2D eigenvalue weighted by molar-refractivity contribution is 5.73. The third-order valence-corrected chi connectivity index (χ3v) is 2.32. The Kier molecular flexibility index (Phi) is 3.05. The highest BCUT2D eigenvalue weighted by Crippen LogP contribution is 2.24. The minimum atomic E-state index is -0.229. The van der Waals surface area contributed by atoms with Crippen molar-refractivity contribution in [3.63, 3.8) is 0 Å². The van der Waals surface area contributed by atoms with Crippen LogP contribution in [-0.4, -0.2) is 7.05 Å². The molecule has 0 saturated carbocycles. The summed E-state index contributed by atoms with van der Waals surface area (Å²) in [5, 5.41) is 6.31. The Morgan fingerprint density at radius 3 is 2.12 bits per heavy atom. The molecule has 0 spiro atoms. The van der Waals surface area contributed by atoms with Crippen molar-refractivity contribution in [1.29, 1.82) is 0 Å². The number of anilines is 3. The highest BCUT2D eigenvalue weighted by atomic mass is 19.1. The van der Waals surface area contributed by atoms with E-state index in [2.05, 4.69) is 10.6 Å². The molecule has 0 atom stereocenters. The van der Waals surface area contributed by atoms with Gasteiger partial charge >= 0.3 is 0 Å². The molecule has 2 nitrogen and oxygen atoms in total. The normalized spacial score (nSPS) is 9.88. The fraction of sp³-hybridized carbons (Fsp3) is 0.0769. The Labute approximate surface area is 94.1 Å². The zero-order valence-electron chi connectivity index (χ0n) is 9.00. The van der Waals surface area contributed by atoms with E-state index in [1.165, 1.54) is 12.1 Å². The molecule has 0 amide bonds. The first-order valence-electron chi connectivity index (χ1n) is 5.09. The van der Waals surface area contributed by atoms with E-state index >= 15 is 0 Å². The number of halogens is 1. The molecule has 0 saturated heterocycles. The Bertz CT molecular complexity index is 466. The quantitative estimate of drug-likeness (QED) is 0.819. The van der Waals surface area contributed by atoms with Crippen LogP contribution >= 0.6 is 0 Å². The maximum absolute atomic E-state index is 12.7. The van der Waals surface area contributed by atoms with Gasteiger partial charge in [-0.1, -0.05) is 12.1 Å². The van der Waals surface area contributed by atoms with Gasteiger partial charge in [0.25, 0.3) is 0 Å². The summed E-state index contributed by atoms with van der Waals surface area (Å²) in [4.78, 5) is 0. The smallest absolute Gasteiger partial charge is 0.123 e. The van der Waals surface area contributed by atoms with E-state index in [0.717, 1.165) is 17.1 Å². The number of hydrogen-bond acceptors (Lipinski definition) is 2. The van der Waals surface area contributed by atoms with Crippen LogP contribution in [0.1, 0.15) is 0 Å². The van der Waals surface area contributed by atoms with Gasteiger partial charge in [-0.3, -0.25) is 0 Å². The molecule has 3 heteroatoms. The summed E-state index contributed by atoms with van der Waals surface area (Å²) < 4.78 is 12.7. The topological polar surface area (TPSA) is 24.1 Å². The summed E-state index contributed by atoms with van der Waals surface area (Å²) >= 11 is 0. The Hall–Kier alpha value is -2.03. The van der Waals surface area contributed by atoms with E-state index in [-0.39, 0.29) is 5.82 Å². The van der Waals surface area contributed by atoms with Crippen LogP contribution in [0.5, 0.6) is 0 Å². The predicted molar refractivity (Wildman–Crippen MR) is 65.7 cm³/mol. The van der Waals surface area contributed by atoms with Gasteiger partial charge in [-0.05, 0) is 36.4 Å². The van der Waals surface area contributed by atoms with Gasteiger partial charge < -0.3 is 10.6 Å². The van der Waals surface area contributed by atoms with Crippen molar-refractivity contribution < 1.29 is 4.39 Å². The van der Waals surface area contributed by atoms with Crippen LogP contribution < -0.4 is 10.6 Å². The van der Waals surface area contributed by atoms with Gasteiger partial charge in [-0.25, -0.2) is 4.39 Å². The summed E-state index contributed by atoms with van der Waals surface area (Å²) in [6.07, 6.45) is 0. The van der Waals surface area contributed by atoms with Gasteiger partial charge in [0.15, 0.2) is 0 Å². The second kappa shape index (κ2) is 4.66. The Morgan fingerprint density at radius 2 is 1.50 bits per heavy atom. The average molecular weight is 216 g/mol. The van der Waals surface area contributed by atoms with Crippen LogP contribution in [0.4, 0.5) is 21.5 Å². The monoisotopic (exact) mass is 216 g/mol.